The molecule has 27 heteroatoms. The van der Waals surface area contributed by atoms with Crippen molar-refractivity contribution >= 4 is 47.3 Å². The number of likely N-dealkylation sites (tertiary alicyclic amines) is 1. The molecule has 0 aliphatic carbocycles. The largest absolute Gasteiger partial charge is 0.493 e. The van der Waals surface area contributed by atoms with Crippen LogP contribution in [-0.4, -0.2) is 228 Å². The van der Waals surface area contributed by atoms with E-state index < -0.39 is 70.6 Å². The lowest BCUT2D eigenvalue weighted by Gasteiger charge is -2.42. The SMILES string of the molecule is CCOc1ccccc1-c1ncc(C2(C(=O)NC3CCN(CCNC(=O)CC[C@@H](NC(=O)CN4CCN(CC(=O)O)CCN(CC(=O)O)CCN(CC(=O)O)CC4)C(=O)O)C3)CCN(c3ccc(C(F)(F)F)cc3C#N)CC2)cc1F. The predicted octanol–water partition coefficient (Wildman–Crippen LogP) is 1.85. The molecule has 0 saturated carbocycles. The number of aliphatic carboxylic acids is 4. The number of amides is 3. The van der Waals surface area contributed by atoms with Gasteiger partial charge in [-0.3, -0.25) is 58.3 Å². The fraction of sp³-hybridized carbons (Fsp3) is 0.537. The van der Waals surface area contributed by atoms with Crippen LogP contribution in [0.3, 0.4) is 0 Å². The summed E-state index contributed by atoms with van der Waals surface area (Å²) in [4.78, 5) is 103. The van der Waals surface area contributed by atoms with Crippen molar-refractivity contribution in [2.75, 3.05) is 129 Å². The van der Waals surface area contributed by atoms with Gasteiger partial charge in [-0.15, -0.1) is 0 Å². The number of piperidine rings is 1. The maximum absolute atomic E-state index is 16.3. The second-order valence-electron chi connectivity index (χ2n) is 20.3. The van der Waals surface area contributed by atoms with Gasteiger partial charge in [0, 0.05) is 116 Å². The highest BCUT2D eigenvalue weighted by atomic mass is 19.4. The fourth-order valence-corrected chi connectivity index (χ4v) is 10.4. The monoisotopic (exact) mass is 1140 g/mol. The number of carboxylic acids is 4. The zero-order chi connectivity index (χ0) is 58.9. The van der Waals surface area contributed by atoms with Crippen molar-refractivity contribution in [1.29, 1.82) is 5.26 Å². The number of benzene rings is 2. The van der Waals surface area contributed by atoms with Crippen molar-refractivity contribution in [1.82, 2.24) is 45.4 Å². The maximum atomic E-state index is 16.3. The van der Waals surface area contributed by atoms with Crippen LogP contribution in [0.5, 0.6) is 5.75 Å². The van der Waals surface area contributed by atoms with Gasteiger partial charge in [0.2, 0.25) is 17.7 Å². The van der Waals surface area contributed by atoms with Gasteiger partial charge in [0.15, 0.2) is 0 Å². The first-order valence-electron chi connectivity index (χ1n) is 26.7. The minimum Gasteiger partial charge on any atom is -0.493 e. The van der Waals surface area contributed by atoms with Gasteiger partial charge < -0.3 is 46.0 Å². The van der Waals surface area contributed by atoms with Crippen molar-refractivity contribution in [3.63, 3.8) is 0 Å². The average Bonchev–Trinajstić information content (AvgIpc) is 3.70. The van der Waals surface area contributed by atoms with Crippen LogP contribution in [0.4, 0.5) is 23.2 Å². The minimum absolute atomic E-state index is 0.0130. The summed E-state index contributed by atoms with van der Waals surface area (Å²) >= 11 is 0. The van der Waals surface area contributed by atoms with E-state index >= 15 is 4.39 Å². The van der Waals surface area contributed by atoms with E-state index in [1.165, 1.54) is 18.3 Å². The molecule has 6 rings (SSSR count). The molecule has 3 aromatic rings. The van der Waals surface area contributed by atoms with E-state index in [4.69, 9.17) is 4.74 Å². The van der Waals surface area contributed by atoms with Gasteiger partial charge in [0.05, 0.1) is 55.0 Å². The number of rotatable bonds is 23. The number of ether oxygens (including phenoxy) is 1. The number of carbonyl (C=O) groups excluding carboxylic acids is 3. The van der Waals surface area contributed by atoms with Crippen molar-refractivity contribution in [2.24, 2.45) is 0 Å². The van der Waals surface area contributed by atoms with E-state index in [-0.39, 0.29) is 147 Å². The number of para-hydroxylation sites is 1. The van der Waals surface area contributed by atoms with Gasteiger partial charge in [-0.2, -0.15) is 18.4 Å². The molecular weight excluding hydrogens is 1070 g/mol. The number of hydrogen-bond donors (Lipinski definition) is 7. The summed E-state index contributed by atoms with van der Waals surface area (Å²) in [5.74, 6) is -6.60. The van der Waals surface area contributed by atoms with Gasteiger partial charge in [0.1, 0.15) is 29.4 Å². The fourth-order valence-electron chi connectivity index (χ4n) is 10.4. The molecule has 3 saturated heterocycles. The molecule has 3 aliphatic heterocycles. The van der Waals surface area contributed by atoms with E-state index in [1.54, 1.807) is 55.7 Å². The summed E-state index contributed by atoms with van der Waals surface area (Å²) in [6, 6.07) is 11.1. The Balaban J connectivity index is 1.03. The number of nitriles is 1. The molecule has 81 heavy (non-hydrogen) atoms. The molecular formula is C54H69F4N11O12. The summed E-state index contributed by atoms with van der Waals surface area (Å²) in [6.07, 6.45) is -3.03. The predicted molar refractivity (Wildman–Crippen MR) is 284 cm³/mol. The molecule has 3 amide bonds. The van der Waals surface area contributed by atoms with Gasteiger partial charge in [-0.05, 0) is 74.6 Å². The second-order valence-corrected chi connectivity index (χ2v) is 20.3. The van der Waals surface area contributed by atoms with Crippen molar-refractivity contribution in [3.8, 4) is 23.1 Å². The molecule has 2 aromatic carbocycles. The maximum Gasteiger partial charge on any atom is 0.416 e. The van der Waals surface area contributed by atoms with Crippen molar-refractivity contribution < 1.29 is 76.3 Å². The van der Waals surface area contributed by atoms with Crippen LogP contribution in [0.25, 0.3) is 11.3 Å². The lowest BCUT2D eigenvalue weighted by atomic mass is 9.72. The molecule has 0 radical (unpaired) electrons. The van der Waals surface area contributed by atoms with Gasteiger partial charge in [0.25, 0.3) is 0 Å². The van der Waals surface area contributed by atoms with E-state index in [9.17, 15) is 72.4 Å². The number of nitrogens with one attached hydrogen (secondary N) is 3. The Labute approximate surface area is 465 Å². The first-order chi connectivity index (χ1) is 38.6. The molecule has 3 aliphatic rings. The number of pyridine rings is 1. The van der Waals surface area contributed by atoms with E-state index in [0.717, 1.165) is 12.1 Å². The third kappa shape index (κ3) is 18.2. The molecule has 0 bridgehead atoms. The van der Waals surface area contributed by atoms with Gasteiger partial charge in [-0.1, -0.05) is 12.1 Å². The summed E-state index contributed by atoms with van der Waals surface area (Å²) in [7, 11) is 0. The number of aromatic nitrogens is 1. The minimum atomic E-state index is -4.67. The first kappa shape index (κ1) is 62.7. The Morgan fingerprint density at radius 1 is 0.778 bits per heavy atom. The molecule has 4 heterocycles. The molecule has 3 fully saturated rings. The molecule has 0 spiro atoms. The topological polar surface area (TPSA) is 302 Å². The highest BCUT2D eigenvalue weighted by Crippen LogP contribution is 2.41. The summed E-state index contributed by atoms with van der Waals surface area (Å²) in [5, 5.41) is 56.7. The smallest absolute Gasteiger partial charge is 0.416 e. The molecule has 440 valence electrons. The number of halogens is 4. The third-order valence-corrected chi connectivity index (χ3v) is 14.7. The Morgan fingerprint density at radius 3 is 1.89 bits per heavy atom. The van der Waals surface area contributed by atoms with Crippen molar-refractivity contribution in [3.05, 3.63) is 77.2 Å². The number of alkyl halides is 3. The third-order valence-electron chi connectivity index (χ3n) is 14.7. The second kappa shape index (κ2) is 29.3. The lowest BCUT2D eigenvalue weighted by molar-refractivity contribution is -0.142. The van der Waals surface area contributed by atoms with Gasteiger partial charge in [-0.25, -0.2) is 9.18 Å². The van der Waals surface area contributed by atoms with Crippen LogP contribution >= 0.6 is 0 Å². The standard InChI is InChI=1S/C54H69F4N11O12/c1-2-81-44-6-4-3-5-40(44)50-41(55)28-38(30-61-50)53(12-16-69(17-13-53)43-9-7-37(54(56,57)58)27-36(43)29-59)52(80)62-39-11-15-64(31-39)18-14-60-45(70)10-8-42(51(78)79)63-46(71)32-65-19-21-66(33-47(72)73)23-25-68(35-49(76)77)26-24-67(22-20-65)34-48(74)75/h3-7,9,27-28,30,39,42H,2,8,10-26,31-35H2,1H3,(H,60,70)(H,62,80)(H,63,71)(H,72,73)(H,74,75)(H,76,77)(H,78,79)/t39?,42-/m1/s1. The van der Waals surface area contributed by atoms with Crippen LogP contribution < -0.4 is 25.6 Å². The zero-order valence-electron chi connectivity index (χ0n) is 45.0. The number of carbonyl (C=O) groups is 7. The van der Waals surface area contributed by atoms with Crippen LogP contribution in [-0.2, 0) is 45.2 Å². The molecule has 23 nitrogen and oxygen atoms in total. The van der Waals surface area contributed by atoms with E-state index in [1.807, 2.05) is 11.0 Å². The van der Waals surface area contributed by atoms with Gasteiger partial charge >= 0.3 is 30.1 Å². The molecule has 1 aromatic heterocycles. The highest BCUT2D eigenvalue weighted by Gasteiger charge is 2.45. The molecule has 7 N–H and O–H groups in total. The Morgan fingerprint density at radius 2 is 1.36 bits per heavy atom. The number of nitrogens with zero attached hydrogens (tertiary/aromatic N) is 8. The molecule has 2 atom stereocenters. The molecule has 1 unspecified atom stereocenters. The zero-order valence-corrected chi connectivity index (χ0v) is 45.0. The lowest BCUT2D eigenvalue weighted by Crippen LogP contribution is -2.54. The van der Waals surface area contributed by atoms with Crippen LogP contribution in [0.2, 0.25) is 0 Å². The first-order valence-corrected chi connectivity index (χ1v) is 26.7. The summed E-state index contributed by atoms with van der Waals surface area (Å²) < 4.78 is 62.7. The van der Waals surface area contributed by atoms with E-state index in [2.05, 4.69) is 20.9 Å². The summed E-state index contributed by atoms with van der Waals surface area (Å²) in [5.41, 5.74) is -1.51. The normalized spacial score (nSPS) is 18.6. The number of anilines is 1. The average molecular weight is 1140 g/mol. The Bertz CT molecular complexity index is 2730. The Kier molecular flexibility index (Phi) is 22.7. The quantitative estimate of drug-likeness (QED) is 0.0667. The number of hydrogen-bond acceptors (Lipinski definition) is 16. The van der Waals surface area contributed by atoms with Crippen molar-refractivity contribution in [2.45, 2.75) is 62.7 Å². The van der Waals surface area contributed by atoms with Crippen LogP contribution in [0.15, 0.2) is 54.7 Å². The van der Waals surface area contributed by atoms with Crippen LogP contribution in [0, 0.1) is 17.1 Å². The highest BCUT2D eigenvalue weighted by molar-refractivity contribution is 5.89. The number of carboxylic acid groups (broad SMARTS) is 4. The Hall–Kier alpha value is -7.51. The summed E-state index contributed by atoms with van der Waals surface area (Å²) in [6.45, 7) is 3.64. The van der Waals surface area contributed by atoms with Crippen LogP contribution in [0.1, 0.15) is 55.7 Å². The van der Waals surface area contributed by atoms with E-state index in [0.29, 0.717) is 49.5 Å².